The summed E-state index contributed by atoms with van der Waals surface area (Å²) in [6.07, 6.45) is 7.61. The zero-order valence-electron chi connectivity index (χ0n) is 11.8. The Kier molecular flexibility index (Phi) is 3.56. The first-order valence-electron chi connectivity index (χ1n) is 7.08. The summed E-state index contributed by atoms with van der Waals surface area (Å²) < 4.78 is 23.5. The van der Waals surface area contributed by atoms with E-state index in [0.29, 0.717) is 6.42 Å². The van der Waals surface area contributed by atoms with Crippen LogP contribution in [0.25, 0.3) is 0 Å². The monoisotopic (exact) mass is 274 g/mol. The van der Waals surface area contributed by atoms with Crippen molar-refractivity contribution in [3.05, 3.63) is 0 Å². The molecular formula is C14H26O3S. The lowest BCUT2D eigenvalue weighted by atomic mass is 9.65. The van der Waals surface area contributed by atoms with E-state index in [0.717, 1.165) is 38.5 Å². The van der Waals surface area contributed by atoms with E-state index < -0.39 is 15.4 Å². The van der Waals surface area contributed by atoms with Gasteiger partial charge in [-0.25, -0.2) is 8.42 Å². The fourth-order valence-corrected chi connectivity index (χ4v) is 5.26. The molecule has 0 radical (unpaired) electrons. The van der Waals surface area contributed by atoms with Gasteiger partial charge in [0.2, 0.25) is 0 Å². The van der Waals surface area contributed by atoms with E-state index >= 15 is 0 Å². The highest BCUT2D eigenvalue weighted by atomic mass is 32.2. The Morgan fingerprint density at radius 2 is 1.78 bits per heavy atom. The molecule has 0 aromatic rings. The fourth-order valence-electron chi connectivity index (χ4n) is 4.08. The summed E-state index contributed by atoms with van der Waals surface area (Å²) in [6.45, 7) is 4.26. The molecular weight excluding hydrogens is 248 g/mol. The average Bonchev–Trinajstić information content (AvgIpc) is 2.54. The van der Waals surface area contributed by atoms with Gasteiger partial charge in [0.05, 0.1) is 10.9 Å². The molecule has 0 aromatic heterocycles. The van der Waals surface area contributed by atoms with Gasteiger partial charge in [-0.2, -0.15) is 0 Å². The van der Waals surface area contributed by atoms with Gasteiger partial charge < -0.3 is 5.11 Å². The second-order valence-electron chi connectivity index (χ2n) is 6.98. The van der Waals surface area contributed by atoms with Crippen molar-refractivity contribution in [3.63, 3.8) is 0 Å². The molecule has 2 fully saturated rings. The highest BCUT2D eigenvalue weighted by Gasteiger charge is 2.53. The summed E-state index contributed by atoms with van der Waals surface area (Å²) in [4.78, 5) is 0. The maximum atomic E-state index is 11.7. The first-order valence-corrected chi connectivity index (χ1v) is 9.03. The molecule has 2 saturated carbocycles. The molecule has 2 rings (SSSR count). The van der Waals surface area contributed by atoms with Gasteiger partial charge >= 0.3 is 0 Å². The van der Waals surface area contributed by atoms with Crippen molar-refractivity contribution < 1.29 is 13.5 Å². The predicted octanol–water partition coefficient (Wildman–Crippen LogP) is 2.53. The number of hydrogen-bond acceptors (Lipinski definition) is 3. The zero-order chi connectivity index (χ0) is 13.6. The minimum Gasteiger partial charge on any atom is -0.389 e. The van der Waals surface area contributed by atoms with Crippen LogP contribution in [0, 0.1) is 11.3 Å². The molecule has 0 amide bonds. The van der Waals surface area contributed by atoms with Crippen LogP contribution in [-0.4, -0.2) is 30.6 Å². The summed E-state index contributed by atoms with van der Waals surface area (Å²) in [6, 6.07) is 0. The molecule has 0 bridgehead atoms. The third kappa shape index (κ3) is 2.34. The van der Waals surface area contributed by atoms with Crippen molar-refractivity contribution >= 4 is 9.84 Å². The SMILES string of the molecule is CC1(C)CCCC1(O)C1CCCC(S(C)(=O)=O)C1. The highest BCUT2D eigenvalue weighted by Crippen LogP contribution is 2.53. The maximum Gasteiger partial charge on any atom is 0.150 e. The van der Waals surface area contributed by atoms with Crippen LogP contribution in [0.3, 0.4) is 0 Å². The van der Waals surface area contributed by atoms with Gasteiger partial charge in [-0.15, -0.1) is 0 Å². The quantitative estimate of drug-likeness (QED) is 0.842. The molecule has 0 saturated heterocycles. The van der Waals surface area contributed by atoms with Crippen molar-refractivity contribution in [2.75, 3.05) is 6.26 Å². The van der Waals surface area contributed by atoms with Crippen LogP contribution >= 0.6 is 0 Å². The van der Waals surface area contributed by atoms with Crippen molar-refractivity contribution in [1.82, 2.24) is 0 Å². The van der Waals surface area contributed by atoms with E-state index in [2.05, 4.69) is 13.8 Å². The highest BCUT2D eigenvalue weighted by molar-refractivity contribution is 7.91. The Morgan fingerprint density at radius 3 is 2.28 bits per heavy atom. The van der Waals surface area contributed by atoms with Crippen LogP contribution in [0.5, 0.6) is 0 Å². The lowest BCUT2D eigenvalue weighted by Crippen LogP contribution is -2.49. The van der Waals surface area contributed by atoms with Gasteiger partial charge in [-0.3, -0.25) is 0 Å². The van der Waals surface area contributed by atoms with E-state index in [1.54, 1.807) is 0 Å². The van der Waals surface area contributed by atoms with Gasteiger partial charge in [0.1, 0.15) is 9.84 Å². The average molecular weight is 274 g/mol. The smallest absolute Gasteiger partial charge is 0.150 e. The first-order chi connectivity index (χ1) is 8.17. The molecule has 3 nitrogen and oxygen atoms in total. The van der Waals surface area contributed by atoms with E-state index in [1.165, 1.54) is 6.26 Å². The summed E-state index contributed by atoms with van der Waals surface area (Å²) in [5.41, 5.74) is -0.729. The molecule has 3 unspecified atom stereocenters. The Balaban J connectivity index is 2.19. The second-order valence-corrected chi connectivity index (χ2v) is 9.30. The molecule has 106 valence electrons. The number of hydrogen-bond donors (Lipinski definition) is 1. The number of rotatable bonds is 2. The van der Waals surface area contributed by atoms with Crippen LogP contribution in [0.2, 0.25) is 0 Å². The van der Waals surface area contributed by atoms with E-state index in [1.807, 2.05) is 0 Å². The van der Waals surface area contributed by atoms with Crippen LogP contribution < -0.4 is 0 Å². The minimum atomic E-state index is -2.96. The molecule has 1 N–H and O–H groups in total. The third-order valence-corrected chi connectivity index (χ3v) is 7.08. The van der Waals surface area contributed by atoms with Gasteiger partial charge in [0.15, 0.2) is 0 Å². The van der Waals surface area contributed by atoms with Crippen LogP contribution in [-0.2, 0) is 9.84 Å². The minimum absolute atomic E-state index is 0.0724. The predicted molar refractivity (Wildman–Crippen MR) is 73.2 cm³/mol. The molecule has 3 atom stereocenters. The molecule has 2 aliphatic rings. The summed E-state index contributed by atoms with van der Waals surface area (Å²) in [5, 5.41) is 10.8. The Bertz CT molecular complexity index is 413. The Hall–Kier alpha value is -0.0900. The van der Waals surface area contributed by atoms with Gasteiger partial charge in [-0.05, 0) is 49.9 Å². The van der Waals surface area contributed by atoms with Gasteiger partial charge in [-0.1, -0.05) is 20.3 Å². The molecule has 2 aliphatic carbocycles. The van der Waals surface area contributed by atoms with E-state index in [9.17, 15) is 13.5 Å². The van der Waals surface area contributed by atoms with Crippen molar-refractivity contribution in [1.29, 1.82) is 0 Å². The molecule has 4 heteroatoms. The lowest BCUT2D eigenvalue weighted by molar-refractivity contribution is -0.100. The zero-order valence-corrected chi connectivity index (χ0v) is 12.6. The van der Waals surface area contributed by atoms with Crippen LogP contribution in [0.1, 0.15) is 58.8 Å². The van der Waals surface area contributed by atoms with Crippen molar-refractivity contribution in [2.45, 2.75) is 69.6 Å². The van der Waals surface area contributed by atoms with Crippen LogP contribution in [0.4, 0.5) is 0 Å². The Labute approximate surface area is 111 Å². The molecule has 0 aliphatic heterocycles. The van der Waals surface area contributed by atoms with Crippen molar-refractivity contribution in [3.8, 4) is 0 Å². The number of sulfone groups is 1. The lowest BCUT2D eigenvalue weighted by Gasteiger charge is -2.46. The molecule has 0 heterocycles. The first kappa shape index (κ1) is 14.3. The van der Waals surface area contributed by atoms with Crippen LogP contribution in [0.15, 0.2) is 0 Å². The second kappa shape index (κ2) is 4.48. The van der Waals surface area contributed by atoms with Gasteiger partial charge in [0.25, 0.3) is 0 Å². The van der Waals surface area contributed by atoms with E-state index in [-0.39, 0.29) is 16.6 Å². The normalized spacial score (nSPS) is 40.9. The summed E-state index contributed by atoms with van der Waals surface area (Å²) in [7, 11) is -2.96. The third-order valence-electron chi connectivity index (χ3n) is 5.44. The molecule has 18 heavy (non-hydrogen) atoms. The van der Waals surface area contributed by atoms with Crippen molar-refractivity contribution in [2.24, 2.45) is 11.3 Å². The number of aliphatic hydroxyl groups is 1. The Morgan fingerprint density at radius 1 is 1.11 bits per heavy atom. The molecule has 0 aromatic carbocycles. The summed E-state index contributed by atoms with van der Waals surface area (Å²) in [5.74, 6) is 0.156. The largest absolute Gasteiger partial charge is 0.389 e. The standard InChI is InChI=1S/C14H26O3S/c1-13(2)8-5-9-14(13,15)11-6-4-7-12(10-11)18(3,16)17/h11-12,15H,4-10H2,1-3H3. The van der Waals surface area contributed by atoms with Gasteiger partial charge in [0, 0.05) is 6.26 Å². The summed E-state index contributed by atoms with van der Waals surface area (Å²) >= 11 is 0. The fraction of sp³-hybridized carbons (Fsp3) is 1.00. The molecule has 0 spiro atoms. The maximum absolute atomic E-state index is 11.7. The topological polar surface area (TPSA) is 54.4 Å². The van der Waals surface area contributed by atoms with E-state index in [4.69, 9.17) is 0 Å².